The molecule has 1 heterocycles. The van der Waals surface area contributed by atoms with Crippen LogP contribution in [-0.2, 0) is 19.9 Å². The second-order valence-electron chi connectivity index (χ2n) is 5.29. The second-order valence-corrected chi connectivity index (χ2v) is 9.07. The average molecular weight is 332 g/mol. The Labute approximate surface area is 125 Å². The van der Waals surface area contributed by atoms with Gasteiger partial charge in [-0.05, 0) is 56.1 Å². The van der Waals surface area contributed by atoms with Crippen molar-refractivity contribution in [1.29, 1.82) is 0 Å². The van der Waals surface area contributed by atoms with Crippen molar-refractivity contribution in [3.63, 3.8) is 0 Å². The Balaban J connectivity index is 2.05. The third-order valence-electron chi connectivity index (χ3n) is 3.58. The lowest BCUT2D eigenvalue weighted by Gasteiger charge is -2.22. The molecule has 0 aliphatic carbocycles. The Kier molecular flexibility index (Phi) is 5.03. The molecule has 21 heavy (non-hydrogen) atoms. The number of sulfonamides is 1. The molecule has 0 amide bonds. The van der Waals surface area contributed by atoms with Crippen molar-refractivity contribution < 1.29 is 16.8 Å². The van der Waals surface area contributed by atoms with Gasteiger partial charge in [-0.25, -0.2) is 21.6 Å². The van der Waals surface area contributed by atoms with Gasteiger partial charge in [0.05, 0.1) is 9.79 Å². The summed E-state index contributed by atoms with van der Waals surface area (Å²) in [4.78, 5) is 0.198. The summed E-state index contributed by atoms with van der Waals surface area (Å²) in [6, 6.07) is 5.27. The standard InChI is InChI=1S/C13H20N2O4S2/c1-20(16,17)12-2-4-13(5-3-12)21(18,19)15-10-11-6-8-14-9-7-11/h2-5,11,14-15H,6-10H2,1H3. The van der Waals surface area contributed by atoms with Crippen LogP contribution in [0.1, 0.15) is 12.8 Å². The van der Waals surface area contributed by atoms with E-state index in [4.69, 9.17) is 0 Å². The van der Waals surface area contributed by atoms with Gasteiger partial charge in [-0.1, -0.05) is 0 Å². The van der Waals surface area contributed by atoms with Gasteiger partial charge in [0, 0.05) is 12.8 Å². The molecule has 1 aliphatic rings. The van der Waals surface area contributed by atoms with E-state index in [1.165, 1.54) is 24.3 Å². The topological polar surface area (TPSA) is 92.3 Å². The van der Waals surface area contributed by atoms with Gasteiger partial charge >= 0.3 is 0 Å². The number of sulfone groups is 1. The first kappa shape index (κ1) is 16.4. The van der Waals surface area contributed by atoms with Crippen LogP contribution in [0.25, 0.3) is 0 Å². The van der Waals surface area contributed by atoms with Crippen molar-refractivity contribution in [3.05, 3.63) is 24.3 Å². The summed E-state index contributed by atoms with van der Waals surface area (Å²) in [6.07, 6.45) is 3.00. The van der Waals surface area contributed by atoms with Crippen molar-refractivity contribution >= 4 is 19.9 Å². The van der Waals surface area contributed by atoms with Gasteiger partial charge in [-0.15, -0.1) is 0 Å². The highest BCUT2D eigenvalue weighted by Gasteiger charge is 2.19. The molecule has 0 atom stereocenters. The third-order valence-corrected chi connectivity index (χ3v) is 6.15. The minimum atomic E-state index is -3.59. The summed E-state index contributed by atoms with van der Waals surface area (Å²) in [5.41, 5.74) is 0. The Hall–Kier alpha value is -0.960. The molecule has 1 aromatic carbocycles. The summed E-state index contributed by atoms with van der Waals surface area (Å²) in [6.45, 7) is 2.24. The number of hydrogen-bond donors (Lipinski definition) is 2. The van der Waals surface area contributed by atoms with Gasteiger partial charge in [0.25, 0.3) is 0 Å². The SMILES string of the molecule is CS(=O)(=O)c1ccc(S(=O)(=O)NCC2CCNCC2)cc1. The summed E-state index contributed by atoms with van der Waals surface area (Å²) >= 11 is 0. The highest BCUT2D eigenvalue weighted by atomic mass is 32.2. The summed E-state index contributed by atoms with van der Waals surface area (Å²) in [5.74, 6) is 0.344. The maximum Gasteiger partial charge on any atom is 0.240 e. The molecule has 8 heteroatoms. The van der Waals surface area contributed by atoms with Gasteiger partial charge < -0.3 is 5.32 Å². The first-order valence-corrected chi connectivity index (χ1v) is 10.2. The number of rotatable bonds is 5. The monoisotopic (exact) mass is 332 g/mol. The van der Waals surface area contributed by atoms with Crippen molar-refractivity contribution in [3.8, 4) is 0 Å². The highest BCUT2D eigenvalue weighted by molar-refractivity contribution is 7.90. The molecular formula is C13H20N2O4S2. The van der Waals surface area contributed by atoms with E-state index in [1.807, 2.05) is 0 Å². The predicted octanol–water partition coefficient (Wildman–Crippen LogP) is 0.368. The van der Waals surface area contributed by atoms with Crippen LogP contribution in [0, 0.1) is 5.92 Å². The maximum atomic E-state index is 12.2. The van der Waals surface area contributed by atoms with Crippen molar-refractivity contribution in [2.24, 2.45) is 5.92 Å². The lowest BCUT2D eigenvalue weighted by atomic mass is 9.99. The smallest absolute Gasteiger partial charge is 0.240 e. The van der Waals surface area contributed by atoms with Crippen LogP contribution in [-0.4, -0.2) is 42.7 Å². The zero-order valence-electron chi connectivity index (χ0n) is 11.9. The van der Waals surface area contributed by atoms with Crippen LogP contribution in [0.4, 0.5) is 0 Å². The van der Waals surface area contributed by atoms with Crippen molar-refractivity contribution in [1.82, 2.24) is 10.0 Å². The Morgan fingerprint density at radius 1 is 1.05 bits per heavy atom. The molecule has 0 radical (unpaired) electrons. The Morgan fingerprint density at radius 2 is 1.57 bits per heavy atom. The number of benzene rings is 1. The minimum absolute atomic E-state index is 0.0869. The van der Waals surface area contributed by atoms with Gasteiger partial charge in [-0.2, -0.15) is 0 Å². The van der Waals surface area contributed by atoms with Crippen molar-refractivity contribution in [2.45, 2.75) is 22.6 Å². The zero-order chi connectivity index (χ0) is 15.5. The van der Waals surface area contributed by atoms with E-state index < -0.39 is 19.9 Å². The molecule has 0 unspecified atom stereocenters. The normalized spacial score (nSPS) is 17.8. The highest BCUT2D eigenvalue weighted by Crippen LogP contribution is 2.16. The quantitative estimate of drug-likeness (QED) is 0.813. The molecule has 118 valence electrons. The molecule has 0 spiro atoms. The van der Waals surface area contributed by atoms with E-state index in [0.29, 0.717) is 12.5 Å². The maximum absolute atomic E-state index is 12.2. The molecule has 1 aliphatic heterocycles. The van der Waals surface area contributed by atoms with Crippen LogP contribution in [0.15, 0.2) is 34.1 Å². The summed E-state index contributed by atoms with van der Waals surface area (Å²) in [5, 5.41) is 3.23. The molecule has 2 N–H and O–H groups in total. The lowest BCUT2D eigenvalue weighted by Crippen LogP contribution is -2.35. The molecule has 0 bridgehead atoms. The first-order valence-electron chi connectivity index (χ1n) is 6.79. The van der Waals surface area contributed by atoms with E-state index in [1.54, 1.807) is 0 Å². The third kappa shape index (κ3) is 4.50. The summed E-state index contributed by atoms with van der Waals surface area (Å²) < 4.78 is 49.6. The molecule has 1 fully saturated rings. The van der Waals surface area contributed by atoms with Crippen LogP contribution in [0.2, 0.25) is 0 Å². The Morgan fingerprint density at radius 3 is 2.10 bits per heavy atom. The fraction of sp³-hybridized carbons (Fsp3) is 0.538. The predicted molar refractivity (Wildman–Crippen MR) is 80.3 cm³/mol. The fourth-order valence-corrected chi connectivity index (χ4v) is 4.01. The second kappa shape index (κ2) is 6.43. The first-order chi connectivity index (χ1) is 9.79. The van der Waals surface area contributed by atoms with Crippen molar-refractivity contribution in [2.75, 3.05) is 25.9 Å². The number of piperidine rings is 1. The molecule has 0 saturated carbocycles. The zero-order valence-corrected chi connectivity index (χ0v) is 13.5. The molecule has 0 aromatic heterocycles. The van der Waals surface area contributed by atoms with E-state index in [-0.39, 0.29) is 9.79 Å². The van der Waals surface area contributed by atoms with E-state index in [9.17, 15) is 16.8 Å². The minimum Gasteiger partial charge on any atom is -0.317 e. The molecule has 6 nitrogen and oxygen atoms in total. The molecule has 1 aromatic rings. The van der Waals surface area contributed by atoms with E-state index >= 15 is 0 Å². The van der Waals surface area contributed by atoms with E-state index in [0.717, 1.165) is 32.2 Å². The molecule has 1 saturated heterocycles. The average Bonchev–Trinajstić information content (AvgIpc) is 2.46. The lowest BCUT2D eigenvalue weighted by molar-refractivity contribution is 0.372. The van der Waals surface area contributed by atoms with Gasteiger partial charge in [-0.3, -0.25) is 0 Å². The van der Waals surface area contributed by atoms with Crippen LogP contribution >= 0.6 is 0 Å². The van der Waals surface area contributed by atoms with Crippen LogP contribution in [0.3, 0.4) is 0 Å². The molecule has 2 rings (SSSR count). The largest absolute Gasteiger partial charge is 0.317 e. The molecular weight excluding hydrogens is 312 g/mol. The van der Waals surface area contributed by atoms with Gasteiger partial charge in [0.2, 0.25) is 10.0 Å². The van der Waals surface area contributed by atoms with Gasteiger partial charge in [0.15, 0.2) is 9.84 Å². The van der Waals surface area contributed by atoms with Gasteiger partial charge in [0.1, 0.15) is 0 Å². The van der Waals surface area contributed by atoms with Crippen LogP contribution in [0.5, 0.6) is 0 Å². The fourth-order valence-electron chi connectivity index (χ4n) is 2.26. The van der Waals surface area contributed by atoms with E-state index in [2.05, 4.69) is 10.0 Å². The number of hydrogen-bond acceptors (Lipinski definition) is 5. The van der Waals surface area contributed by atoms with Crippen LogP contribution < -0.4 is 10.0 Å². The number of nitrogens with one attached hydrogen (secondary N) is 2. The summed E-state index contributed by atoms with van der Waals surface area (Å²) in [7, 11) is -6.90. The Bertz CT molecular complexity index is 675.